The molecule has 0 radical (unpaired) electrons. The summed E-state index contributed by atoms with van der Waals surface area (Å²) in [6.07, 6.45) is 6.84. The van der Waals surface area contributed by atoms with Crippen LogP contribution in [0.1, 0.15) is 46.0 Å². The van der Waals surface area contributed by atoms with Gasteiger partial charge in [-0.3, -0.25) is 0 Å². The molecule has 0 aromatic heterocycles. The van der Waals surface area contributed by atoms with Crippen molar-refractivity contribution in [3.05, 3.63) is 0 Å². The Morgan fingerprint density at radius 3 is 2.22 bits per heavy atom. The highest BCUT2D eigenvalue weighted by molar-refractivity contribution is 6.76. The second-order valence-corrected chi connectivity index (χ2v) is 14.1. The van der Waals surface area contributed by atoms with Crippen LogP contribution in [0.25, 0.3) is 0 Å². The van der Waals surface area contributed by atoms with Gasteiger partial charge < -0.3 is 0 Å². The van der Waals surface area contributed by atoms with E-state index in [0.29, 0.717) is 5.41 Å². The van der Waals surface area contributed by atoms with E-state index in [-0.39, 0.29) is 11.1 Å². The van der Waals surface area contributed by atoms with Crippen molar-refractivity contribution in [3.63, 3.8) is 0 Å². The molecule has 1 spiro atoms. The largest absolute Gasteiger partial charge is 0.186 e. The van der Waals surface area contributed by atoms with Crippen LogP contribution in [-0.2, 0) is 0 Å². The van der Waals surface area contributed by atoms with Gasteiger partial charge in [0.25, 0.3) is 0 Å². The number of rotatable bonds is 2. The number of hydrogen-bond acceptors (Lipinski definition) is 2. The molecule has 18 heavy (non-hydrogen) atoms. The van der Waals surface area contributed by atoms with Crippen LogP contribution in [0.3, 0.4) is 0 Å². The van der Waals surface area contributed by atoms with Gasteiger partial charge in [0.1, 0.15) is 0 Å². The van der Waals surface area contributed by atoms with E-state index in [1.807, 2.05) is 0 Å². The molecule has 3 rings (SSSR count). The minimum Gasteiger partial charge on any atom is -0.186 e. The summed E-state index contributed by atoms with van der Waals surface area (Å²) < 4.78 is 0. The summed E-state index contributed by atoms with van der Waals surface area (Å²) in [5, 5.41) is 9.62. The van der Waals surface area contributed by atoms with E-state index in [4.69, 9.17) is 10.2 Å². The molecular weight excluding hydrogens is 236 g/mol. The molecule has 1 heterocycles. The highest BCUT2D eigenvalue weighted by Crippen LogP contribution is 2.70. The summed E-state index contributed by atoms with van der Waals surface area (Å²) in [6, 6.07) is 1.43. The van der Waals surface area contributed by atoms with Crippen molar-refractivity contribution in [1.29, 1.82) is 0 Å². The summed E-state index contributed by atoms with van der Waals surface area (Å²) in [7, 11) is -1.01. The van der Waals surface area contributed by atoms with Crippen LogP contribution in [0, 0.1) is 11.3 Å². The van der Waals surface area contributed by atoms with Gasteiger partial charge in [-0.1, -0.05) is 38.5 Å². The molecule has 0 saturated heterocycles. The molecule has 2 aliphatic carbocycles. The van der Waals surface area contributed by atoms with Gasteiger partial charge >= 0.3 is 0 Å². The van der Waals surface area contributed by atoms with Gasteiger partial charge in [-0.25, -0.2) is 0 Å². The molecule has 102 valence electrons. The molecular formula is C15H28N2Si. The van der Waals surface area contributed by atoms with Crippen molar-refractivity contribution >= 4 is 8.07 Å². The Balaban J connectivity index is 1.97. The first-order valence-electron chi connectivity index (χ1n) is 7.67. The van der Waals surface area contributed by atoms with E-state index >= 15 is 0 Å². The van der Waals surface area contributed by atoms with Crippen LogP contribution in [0.4, 0.5) is 0 Å². The summed E-state index contributed by atoms with van der Waals surface area (Å²) in [6.45, 7) is 12.3. The van der Waals surface area contributed by atoms with Crippen molar-refractivity contribution in [2.75, 3.05) is 0 Å². The van der Waals surface area contributed by atoms with Gasteiger partial charge in [0.15, 0.2) is 0 Å². The molecule has 2 nitrogen and oxygen atoms in total. The topological polar surface area (TPSA) is 24.7 Å². The molecule has 3 heteroatoms. The smallest absolute Gasteiger partial charge is 0.0893 e. The van der Waals surface area contributed by atoms with E-state index in [1.165, 1.54) is 38.1 Å². The maximum absolute atomic E-state index is 4.86. The first-order chi connectivity index (χ1) is 8.23. The Morgan fingerprint density at radius 2 is 1.67 bits per heavy atom. The van der Waals surface area contributed by atoms with Crippen molar-refractivity contribution in [2.24, 2.45) is 21.6 Å². The average Bonchev–Trinajstić information content (AvgIpc) is 2.83. The highest BCUT2D eigenvalue weighted by atomic mass is 28.3. The number of hydrogen-bond donors (Lipinski definition) is 0. The maximum Gasteiger partial charge on any atom is 0.0893 e. The maximum atomic E-state index is 4.86. The number of azo groups is 1. The lowest BCUT2D eigenvalue weighted by atomic mass is 9.64. The van der Waals surface area contributed by atoms with Crippen molar-refractivity contribution in [3.8, 4) is 0 Å². The fourth-order valence-corrected chi connectivity index (χ4v) is 7.39. The molecule has 3 atom stereocenters. The summed E-state index contributed by atoms with van der Waals surface area (Å²) in [4.78, 5) is 0. The third-order valence-electron chi connectivity index (χ3n) is 6.23. The second kappa shape index (κ2) is 3.47. The van der Waals surface area contributed by atoms with Crippen LogP contribution >= 0.6 is 0 Å². The van der Waals surface area contributed by atoms with E-state index in [1.54, 1.807) is 0 Å². The predicted molar refractivity (Wildman–Crippen MR) is 78.8 cm³/mol. The van der Waals surface area contributed by atoms with Crippen LogP contribution in [0.15, 0.2) is 10.2 Å². The zero-order valence-electron chi connectivity index (χ0n) is 12.7. The fraction of sp³-hybridized carbons (Fsp3) is 1.00. The third kappa shape index (κ3) is 1.40. The molecule has 0 amide bonds. The van der Waals surface area contributed by atoms with Crippen molar-refractivity contribution in [2.45, 2.75) is 82.7 Å². The third-order valence-corrected chi connectivity index (χ3v) is 7.95. The lowest BCUT2D eigenvalue weighted by molar-refractivity contribution is 0.138. The molecule has 0 aromatic rings. The Hall–Kier alpha value is -0.183. The lowest BCUT2D eigenvalue weighted by Crippen LogP contribution is -2.47. The van der Waals surface area contributed by atoms with Crippen LogP contribution in [0.5, 0.6) is 0 Å². The fourth-order valence-electron chi connectivity index (χ4n) is 5.37. The SMILES string of the molecule is C[C@@]12C[C@@H](C[Si](C)(C)C)[C@@](C)(N=N1)C21CCCC1. The standard InChI is InChI=1S/C15H28N2Si/c1-13-10-12(11-18(3,4)5)14(2,17-16-13)15(13)8-6-7-9-15/h12H,6-11H2,1-5H3/t12-,13-,14+/m0/s1. The summed E-state index contributed by atoms with van der Waals surface area (Å²) in [5.41, 5.74) is 0.755. The van der Waals surface area contributed by atoms with Crippen LogP contribution in [-0.4, -0.2) is 19.2 Å². The summed E-state index contributed by atoms with van der Waals surface area (Å²) >= 11 is 0. The lowest BCUT2D eigenvalue weighted by Gasteiger charge is -2.41. The Labute approximate surface area is 113 Å². The highest BCUT2D eigenvalue weighted by Gasteiger charge is 2.72. The molecule has 2 bridgehead atoms. The minimum atomic E-state index is -1.01. The molecule has 3 aliphatic rings. The van der Waals surface area contributed by atoms with E-state index in [9.17, 15) is 0 Å². The normalized spacial score (nSPS) is 45.3. The van der Waals surface area contributed by atoms with Gasteiger partial charge in [0.05, 0.1) is 11.1 Å². The van der Waals surface area contributed by atoms with Gasteiger partial charge in [-0.2, -0.15) is 10.2 Å². The Morgan fingerprint density at radius 1 is 1.06 bits per heavy atom. The van der Waals surface area contributed by atoms with E-state index < -0.39 is 8.07 Å². The van der Waals surface area contributed by atoms with Gasteiger partial charge in [0, 0.05) is 13.5 Å². The van der Waals surface area contributed by atoms with E-state index in [2.05, 4.69) is 33.5 Å². The first kappa shape index (κ1) is 12.8. The Kier molecular flexibility index (Phi) is 2.47. The monoisotopic (exact) mass is 264 g/mol. The van der Waals surface area contributed by atoms with Crippen molar-refractivity contribution < 1.29 is 0 Å². The van der Waals surface area contributed by atoms with Crippen LogP contribution in [0.2, 0.25) is 25.7 Å². The molecule has 2 saturated carbocycles. The molecule has 0 unspecified atom stereocenters. The molecule has 1 aliphatic heterocycles. The average molecular weight is 264 g/mol. The van der Waals surface area contributed by atoms with Gasteiger partial charge in [0.2, 0.25) is 0 Å². The van der Waals surface area contributed by atoms with Crippen LogP contribution < -0.4 is 0 Å². The minimum absolute atomic E-state index is 0.165. The zero-order chi connectivity index (χ0) is 13.2. The predicted octanol–water partition coefficient (Wildman–Crippen LogP) is 4.89. The molecule has 0 aromatic carbocycles. The quantitative estimate of drug-likeness (QED) is 0.635. The van der Waals surface area contributed by atoms with Gasteiger partial charge in [-0.15, -0.1) is 0 Å². The van der Waals surface area contributed by atoms with Gasteiger partial charge in [-0.05, 0) is 39.0 Å². The summed E-state index contributed by atoms with van der Waals surface area (Å²) in [5.74, 6) is 0.796. The van der Waals surface area contributed by atoms with Crippen molar-refractivity contribution in [1.82, 2.24) is 0 Å². The molecule has 2 fully saturated rings. The second-order valence-electron chi connectivity index (χ2n) is 8.58. The Bertz CT molecular complexity index is 392. The number of nitrogens with zero attached hydrogens (tertiary/aromatic N) is 2. The van der Waals surface area contributed by atoms with E-state index in [0.717, 1.165) is 5.92 Å². The first-order valence-corrected chi connectivity index (χ1v) is 11.4. The zero-order valence-corrected chi connectivity index (χ0v) is 13.7. The molecule has 0 N–H and O–H groups in total.